The number of rotatable bonds is 3. The average molecular weight is 361 g/mol. The highest BCUT2D eigenvalue weighted by Gasteiger charge is 2.28. The molecule has 1 aliphatic heterocycles. The van der Waals surface area contributed by atoms with Crippen molar-refractivity contribution in [2.45, 2.75) is 25.1 Å². The molecule has 2 heterocycles. The molecular formula is C18H24N4S2. The van der Waals surface area contributed by atoms with Crippen molar-refractivity contribution >= 4 is 29.1 Å². The Hall–Kier alpha value is -1.53. The van der Waals surface area contributed by atoms with E-state index in [-0.39, 0.29) is 4.75 Å². The van der Waals surface area contributed by atoms with Crippen LogP contribution in [0.1, 0.15) is 19.5 Å². The molecule has 0 aliphatic carbocycles. The molecule has 0 amide bonds. The monoisotopic (exact) mass is 360 g/mol. The summed E-state index contributed by atoms with van der Waals surface area (Å²) in [5.41, 5.74) is 2.23. The van der Waals surface area contributed by atoms with E-state index >= 15 is 0 Å². The number of hydrogen-bond acceptors (Lipinski definition) is 4. The number of nitrogens with zero attached hydrogens (tertiary/aromatic N) is 3. The Bertz CT molecular complexity index is 694. The number of hydrogen-bond donors (Lipinski definition) is 1. The smallest absolute Gasteiger partial charge is 0.194 e. The molecule has 0 bridgehead atoms. The maximum Gasteiger partial charge on any atom is 0.194 e. The van der Waals surface area contributed by atoms with E-state index in [0.717, 1.165) is 35.5 Å². The Morgan fingerprint density at radius 2 is 2.12 bits per heavy atom. The van der Waals surface area contributed by atoms with Gasteiger partial charge in [0.1, 0.15) is 5.01 Å². The lowest BCUT2D eigenvalue weighted by atomic mass is 10.2. The van der Waals surface area contributed by atoms with Gasteiger partial charge in [0.2, 0.25) is 0 Å². The molecule has 6 heteroatoms. The summed E-state index contributed by atoms with van der Waals surface area (Å²) in [6, 6.07) is 10.3. The van der Waals surface area contributed by atoms with E-state index in [1.165, 1.54) is 5.56 Å². The van der Waals surface area contributed by atoms with Gasteiger partial charge in [-0.1, -0.05) is 30.3 Å². The first-order valence-corrected chi connectivity index (χ1v) is 10.0. The summed E-state index contributed by atoms with van der Waals surface area (Å²) in [4.78, 5) is 11.5. The quantitative estimate of drug-likeness (QED) is 0.669. The lowest BCUT2D eigenvalue weighted by Crippen LogP contribution is -2.50. The third-order valence-electron chi connectivity index (χ3n) is 3.94. The fraction of sp³-hybridized carbons (Fsp3) is 0.444. The van der Waals surface area contributed by atoms with E-state index in [2.05, 4.69) is 46.6 Å². The first-order valence-electron chi connectivity index (χ1n) is 8.17. The molecule has 2 aromatic rings. The second-order valence-electron chi connectivity index (χ2n) is 6.44. The molecule has 4 nitrogen and oxygen atoms in total. The van der Waals surface area contributed by atoms with Crippen LogP contribution in [0.4, 0.5) is 0 Å². The molecule has 0 radical (unpaired) electrons. The van der Waals surface area contributed by atoms with Crippen molar-refractivity contribution in [2.24, 2.45) is 4.99 Å². The molecule has 1 aliphatic rings. The molecule has 24 heavy (non-hydrogen) atoms. The van der Waals surface area contributed by atoms with Crippen LogP contribution in [0.25, 0.3) is 10.6 Å². The highest BCUT2D eigenvalue weighted by atomic mass is 32.2. The lowest BCUT2D eigenvalue weighted by molar-refractivity contribution is 0.375. The Morgan fingerprint density at radius 3 is 2.83 bits per heavy atom. The molecule has 1 fully saturated rings. The number of aliphatic imine (C=N–C) groups is 1. The van der Waals surface area contributed by atoms with Gasteiger partial charge in [0.15, 0.2) is 5.96 Å². The van der Waals surface area contributed by atoms with Crippen molar-refractivity contribution in [3.63, 3.8) is 0 Å². The Balaban J connectivity index is 1.61. The number of benzene rings is 1. The maximum absolute atomic E-state index is 4.74. The van der Waals surface area contributed by atoms with Crippen molar-refractivity contribution in [3.8, 4) is 10.6 Å². The van der Waals surface area contributed by atoms with Crippen LogP contribution in [0.3, 0.4) is 0 Å². The van der Waals surface area contributed by atoms with Crippen LogP contribution in [0.5, 0.6) is 0 Å². The van der Waals surface area contributed by atoms with Crippen LogP contribution in [0, 0.1) is 0 Å². The Kier molecular flexibility index (Phi) is 5.46. The maximum atomic E-state index is 4.74. The summed E-state index contributed by atoms with van der Waals surface area (Å²) in [6.45, 7) is 7.36. The van der Waals surface area contributed by atoms with Gasteiger partial charge in [-0.05, 0) is 13.8 Å². The second-order valence-corrected chi connectivity index (χ2v) is 9.10. The van der Waals surface area contributed by atoms with E-state index < -0.39 is 0 Å². The second kappa shape index (κ2) is 7.57. The van der Waals surface area contributed by atoms with Gasteiger partial charge in [0.25, 0.3) is 0 Å². The Labute approximate surface area is 152 Å². The van der Waals surface area contributed by atoms with Crippen LogP contribution in [0.15, 0.2) is 40.7 Å². The highest BCUT2D eigenvalue weighted by Crippen LogP contribution is 2.29. The van der Waals surface area contributed by atoms with Crippen molar-refractivity contribution in [1.29, 1.82) is 0 Å². The summed E-state index contributed by atoms with van der Waals surface area (Å²) in [5, 5.41) is 6.66. The van der Waals surface area contributed by atoms with Gasteiger partial charge >= 0.3 is 0 Å². The van der Waals surface area contributed by atoms with E-state index in [1.54, 1.807) is 11.3 Å². The molecule has 1 N–H and O–H groups in total. The topological polar surface area (TPSA) is 40.5 Å². The molecular weight excluding hydrogens is 336 g/mol. The van der Waals surface area contributed by atoms with Gasteiger partial charge in [-0.15, -0.1) is 11.3 Å². The minimum absolute atomic E-state index is 0.275. The van der Waals surface area contributed by atoms with Crippen LogP contribution < -0.4 is 5.32 Å². The van der Waals surface area contributed by atoms with Gasteiger partial charge in [-0.2, -0.15) is 11.8 Å². The van der Waals surface area contributed by atoms with Crippen LogP contribution in [-0.2, 0) is 6.54 Å². The highest BCUT2D eigenvalue weighted by molar-refractivity contribution is 8.00. The first-order chi connectivity index (χ1) is 11.6. The van der Waals surface area contributed by atoms with Gasteiger partial charge in [-0.25, -0.2) is 4.98 Å². The summed E-state index contributed by atoms with van der Waals surface area (Å²) >= 11 is 3.72. The number of guanidine groups is 1. The molecule has 0 spiro atoms. The average Bonchev–Trinajstić information content (AvgIpc) is 3.04. The van der Waals surface area contributed by atoms with Gasteiger partial charge in [0.05, 0.1) is 12.2 Å². The third-order valence-corrected chi connectivity index (χ3v) is 6.17. The SMILES string of the molecule is CN=C(NCc1csc(-c2ccccc2)n1)N1CCSC(C)(C)C1. The van der Waals surface area contributed by atoms with Crippen molar-refractivity contribution < 1.29 is 0 Å². The van der Waals surface area contributed by atoms with Crippen molar-refractivity contribution in [3.05, 3.63) is 41.4 Å². The van der Waals surface area contributed by atoms with E-state index in [4.69, 9.17) is 4.98 Å². The van der Waals surface area contributed by atoms with Crippen molar-refractivity contribution in [2.75, 3.05) is 25.9 Å². The predicted molar refractivity (Wildman–Crippen MR) is 106 cm³/mol. The van der Waals surface area contributed by atoms with Gasteiger partial charge in [0, 0.05) is 41.6 Å². The standard InChI is InChI=1S/C18H24N4S2/c1-18(2)13-22(9-10-24-18)17(19-3)20-11-15-12-23-16(21-15)14-7-5-4-6-8-14/h4-8,12H,9-11,13H2,1-3H3,(H,19,20). The molecule has 0 atom stereocenters. The zero-order valence-electron chi connectivity index (χ0n) is 14.5. The van der Waals surface area contributed by atoms with Crippen LogP contribution in [0.2, 0.25) is 0 Å². The normalized spacial score (nSPS) is 17.8. The minimum atomic E-state index is 0.275. The van der Waals surface area contributed by atoms with E-state index in [1.807, 2.05) is 37.0 Å². The minimum Gasteiger partial charge on any atom is -0.351 e. The number of thiazole rings is 1. The predicted octanol–water partition coefficient (Wildman–Crippen LogP) is 3.71. The number of thioether (sulfide) groups is 1. The molecule has 1 aromatic carbocycles. The lowest BCUT2D eigenvalue weighted by Gasteiger charge is -2.39. The fourth-order valence-electron chi connectivity index (χ4n) is 2.80. The van der Waals surface area contributed by atoms with Gasteiger partial charge in [-0.3, -0.25) is 4.99 Å². The van der Waals surface area contributed by atoms with Crippen molar-refractivity contribution in [1.82, 2.24) is 15.2 Å². The molecule has 0 unspecified atom stereocenters. The summed E-state index contributed by atoms with van der Waals surface area (Å²) in [5.74, 6) is 2.11. The molecule has 128 valence electrons. The Morgan fingerprint density at radius 1 is 1.33 bits per heavy atom. The first kappa shape index (κ1) is 17.3. The van der Waals surface area contributed by atoms with E-state index in [0.29, 0.717) is 6.54 Å². The number of nitrogens with one attached hydrogen (secondary N) is 1. The number of aromatic nitrogens is 1. The van der Waals surface area contributed by atoms with E-state index in [9.17, 15) is 0 Å². The largest absolute Gasteiger partial charge is 0.351 e. The van der Waals surface area contributed by atoms with Crippen LogP contribution in [-0.4, -0.2) is 46.5 Å². The molecule has 0 saturated carbocycles. The molecule has 1 aromatic heterocycles. The van der Waals surface area contributed by atoms with Gasteiger partial charge < -0.3 is 10.2 Å². The fourth-order valence-corrected chi connectivity index (χ4v) is 4.74. The summed E-state index contributed by atoms with van der Waals surface area (Å²) in [7, 11) is 1.85. The molecule has 3 rings (SSSR count). The zero-order valence-corrected chi connectivity index (χ0v) is 16.1. The van der Waals surface area contributed by atoms with Crippen LogP contribution >= 0.6 is 23.1 Å². The third kappa shape index (κ3) is 4.30. The molecule has 1 saturated heterocycles. The summed E-state index contributed by atoms with van der Waals surface area (Å²) < 4.78 is 0.275. The zero-order chi connectivity index (χ0) is 17.0. The summed E-state index contributed by atoms with van der Waals surface area (Å²) in [6.07, 6.45) is 0.